The van der Waals surface area contributed by atoms with Crippen molar-refractivity contribution in [1.29, 1.82) is 0 Å². The van der Waals surface area contributed by atoms with Gasteiger partial charge in [-0.25, -0.2) is 4.98 Å². The average molecular weight is 248 g/mol. The van der Waals surface area contributed by atoms with E-state index in [0.717, 1.165) is 24.5 Å². The molecule has 0 radical (unpaired) electrons. The number of hydrogen-bond acceptors (Lipinski definition) is 4. The number of aromatic nitrogens is 1. The number of rotatable bonds is 3. The predicted molar refractivity (Wildman–Crippen MR) is 75.7 cm³/mol. The van der Waals surface area contributed by atoms with Gasteiger partial charge in [-0.15, -0.1) is 0 Å². The lowest BCUT2D eigenvalue weighted by molar-refractivity contribution is 0.266. The van der Waals surface area contributed by atoms with E-state index in [0.29, 0.717) is 18.5 Å². The van der Waals surface area contributed by atoms with E-state index in [9.17, 15) is 0 Å². The molecule has 4 heteroatoms. The Bertz CT molecular complexity index is 416. The second-order valence-corrected chi connectivity index (χ2v) is 5.60. The molecule has 1 saturated heterocycles. The standard InChI is InChI=1S/C14H24N4/c1-10-5-12(6-15)7-16-14(10)18-8-11(2)13(9-18)17(3)4/h5,7,11,13H,6,8-9,15H2,1-4H3. The Hall–Kier alpha value is -1.13. The third-order valence-corrected chi connectivity index (χ3v) is 3.88. The molecular formula is C14H24N4. The van der Waals surface area contributed by atoms with Gasteiger partial charge in [0, 0.05) is 31.9 Å². The van der Waals surface area contributed by atoms with Crippen LogP contribution in [0.2, 0.25) is 0 Å². The summed E-state index contributed by atoms with van der Waals surface area (Å²) in [5.74, 6) is 1.79. The molecule has 1 aliphatic rings. The van der Waals surface area contributed by atoms with Crippen LogP contribution in [-0.4, -0.2) is 43.1 Å². The van der Waals surface area contributed by atoms with E-state index in [4.69, 9.17) is 5.73 Å². The third-order valence-electron chi connectivity index (χ3n) is 3.88. The molecular weight excluding hydrogens is 224 g/mol. The van der Waals surface area contributed by atoms with Gasteiger partial charge in [-0.3, -0.25) is 0 Å². The Morgan fingerprint density at radius 1 is 1.44 bits per heavy atom. The van der Waals surface area contributed by atoms with Gasteiger partial charge in [-0.05, 0) is 44.1 Å². The van der Waals surface area contributed by atoms with Gasteiger partial charge >= 0.3 is 0 Å². The molecule has 2 rings (SSSR count). The van der Waals surface area contributed by atoms with Crippen molar-refractivity contribution in [3.63, 3.8) is 0 Å². The zero-order valence-corrected chi connectivity index (χ0v) is 11.8. The van der Waals surface area contributed by atoms with Gasteiger partial charge in [0.25, 0.3) is 0 Å². The van der Waals surface area contributed by atoms with Crippen LogP contribution in [0.1, 0.15) is 18.1 Å². The van der Waals surface area contributed by atoms with Crippen LogP contribution >= 0.6 is 0 Å². The summed E-state index contributed by atoms with van der Waals surface area (Å²) in [6.07, 6.45) is 1.90. The van der Waals surface area contributed by atoms with Crippen LogP contribution in [0, 0.1) is 12.8 Å². The maximum Gasteiger partial charge on any atom is 0.131 e. The number of nitrogens with zero attached hydrogens (tertiary/aromatic N) is 3. The summed E-state index contributed by atoms with van der Waals surface area (Å²) in [6, 6.07) is 2.76. The molecule has 100 valence electrons. The van der Waals surface area contributed by atoms with Crippen LogP contribution in [0.3, 0.4) is 0 Å². The monoisotopic (exact) mass is 248 g/mol. The zero-order valence-electron chi connectivity index (χ0n) is 11.8. The molecule has 2 atom stereocenters. The van der Waals surface area contributed by atoms with Crippen molar-refractivity contribution >= 4 is 5.82 Å². The van der Waals surface area contributed by atoms with Crippen molar-refractivity contribution in [1.82, 2.24) is 9.88 Å². The van der Waals surface area contributed by atoms with Crippen LogP contribution in [0.5, 0.6) is 0 Å². The first-order valence-electron chi connectivity index (χ1n) is 6.60. The molecule has 0 saturated carbocycles. The summed E-state index contributed by atoms with van der Waals surface area (Å²) < 4.78 is 0. The van der Waals surface area contributed by atoms with Crippen molar-refractivity contribution in [3.8, 4) is 0 Å². The number of anilines is 1. The van der Waals surface area contributed by atoms with E-state index in [2.05, 4.69) is 48.8 Å². The minimum atomic E-state index is 0.560. The van der Waals surface area contributed by atoms with E-state index in [1.165, 1.54) is 5.56 Å². The number of nitrogens with two attached hydrogens (primary N) is 1. The topological polar surface area (TPSA) is 45.4 Å². The number of likely N-dealkylation sites (N-methyl/N-ethyl adjacent to an activating group) is 1. The minimum Gasteiger partial charge on any atom is -0.354 e. The summed E-state index contributed by atoms with van der Waals surface area (Å²) in [5.41, 5.74) is 7.98. The van der Waals surface area contributed by atoms with Gasteiger partial charge in [0.05, 0.1) is 0 Å². The molecule has 0 aliphatic carbocycles. The Balaban J connectivity index is 2.18. The molecule has 4 nitrogen and oxygen atoms in total. The second-order valence-electron chi connectivity index (χ2n) is 5.60. The average Bonchev–Trinajstić information content (AvgIpc) is 2.71. The molecule has 1 aromatic heterocycles. The van der Waals surface area contributed by atoms with E-state index < -0.39 is 0 Å². The molecule has 2 unspecified atom stereocenters. The fourth-order valence-electron chi connectivity index (χ4n) is 2.86. The lowest BCUT2D eigenvalue weighted by Gasteiger charge is -2.23. The molecule has 1 aromatic rings. The third kappa shape index (κ3) is 2.49. The van der Waals surface area contributed by atoms with Crippen LogP contribution in [-0.2, 0) is 6.54 Å². The molecule has 0 bridgehead atoms. The summed E-state index contributed by atoms with van der Waals surface area (Å²) in [5, 5.41) is 0. The van der Waals surface area contributed by atoms with E-state index in [-0.39, 0.29) is 0 Å². The fraction of sp³-hybridized carbons (Fsp3) is 0.643. The maximum absolute atomic E-state index is 5.65. The van der Waals surface area contributed by atoms with Crippen molar-refractivity contribution < 1.29 is 0 Å². The van der Waals surface area contributed by atoms with Gasteiger partial charge in [-0.2, -0.15) is 0 Å². The smallest absolute Gasteiger partial charge is 0.131 e. The van der Waals surface area contributed by atoms with Gasteiger partial charge < -0.3 is 15.5 Å². The van der Waals surface area contributed by atoms with Gasteiger partial charge in [0.15, 0.2) is 0 Å². The van der Waals surface area contributed by atoms with Crippen molar-refractivity contribution in [2.45, 2.75) is 26.4 Å². The Morgan fingerprint density at radius 3 is 2.67 bits per heavy atom. The first kappa shape index (κ1) is 13.3. The van der Waals surface area contributed by atoms with Crippen molar-refractivity contribution in [2.75, 3.05) is 32.1 Å². The van der Waals surface area contributed by atoms with E-state index >= 15 is 0 Å². The molecule has 0 spiro atoms. The SMILES string of the molecule is Cc1cc(CN)cnc1N1CC(C)C(N(C)C)C1. The fourth-order valence-corrected chi connectivity index (χ4v) is 2.86. The summed E-state index contributed by atoms with van der Waals surface area (Å²) >= 11 is 0. The highest BCUT2D eigenvalue weighted by Gasteiger charge is 2.32. The first-order valence-corrected chi connectivity index (χ1v) is 6.60. The van der Waals surface area contributed by atoms with E-state index in [1.807, 2.05) is 6.20 Å². The molecule has 0 amide bonds. The first-order chi connectivity index (χ1) is 8.52. The Morgan fingerprint density at radius 2 is 2.17 bits per heavy atom. The highest BCUT2D eigenvalue weighted by Crippen LogP contribution is 2.27. The van der Waals surface area contributed by atoms with Crippen LogP contribution in [0.25, 0.3) is 0 Å². The maximum atomic E-state index is 5.65. The van der Waals surface area contributed by atoms with Crippen LogP contribution in [0.15, 0.2) is 12.3 Å². The molecule has 1 fully saturated rings. The minimum absolute atomic E-state index is 0.560. The van der Waals surface area contributed by atoms with Gasteiger partial charge in [0.2, 0.25) is 0 Å². The van der Waals surface area contributed by atoms with E-state index in [1.54, 1.807) is 0 Å². The Labute approximate surface area is 110 Å². The number of hydrogen-bond donors (Lipinski definition) is 1. The largest absolute Gasteiger partial charge is 0.354 e. The lowest BCUT2D eigenvalue weighted by Crippen LogP contribution is -2.34. The lowest BCUT2D eigenvalue weighted by atomic mass is 10.1. The normalized spacial score (nSPS) is 24.0. The number of aryl methyl sites for hydroxylation is 1. The second kappa shape index (κ2) is 5.24. The van der Waals surface area contributed by atoms with Crippen molar-refractivity contribution in [2.24, 2.45) is 11.7 Å². The highest BCUT2D eigenvalue weighted by atomic mass is 15.3. The molecule has 2 N–H and O–H groups in total. The molecule has 18 heavy (non-hydrogen) atoms. The quantitative estimate of drug-likeness (QED) is 0.874. The predicted octanol–water partition coefficient (Wildman–Crippen LogP) is 1.24. The molecule has 1 aliphatic heterocycles. The highest BCUT2D eigenvalue weighted by molar-refractivity contribution is 5.48. The van der Waals surface area contributed by atoms with Crippen LogP contribution in [0.4, 0.5) is 5.82 Å². The zero-order chi connectivity index (χ0) is 13.3. The van der Waals surface area contributed by atoms with Gasteiger partial charge in [0.1, 0.15) is 5.82 Å². The van der Waals surface area contributed by atoms with Crippen LogP contribution < -0.4 is 10.6 Å². The van der Waals surface area contributed by atoms with Crippen molar-refractivity contribution in [3.05, 3.63) is 23.4 Å². The summed E-state index contributed by atoms with van der Waals surface area (Å²) in [6.45, 7) is 7.14. The number of pyridine rings is 1. The summed E-state index contributed by atoms with van der Waals surface area (Å²) in [4.78, 5) is 9.29. The van der Waals surface area contributed by atoms with Gasteiger partial charge in [-0.1, -0.05) is 6.92 Å². The molecule has 2 heterocycles. The Kier molecular flexibility index (Phi) is 3.88. The molecule has 0 aromatic carbocycles. The summed E-state index contributed by atoms with van der Waals surface area (Å²) in [7, 11) is 4.31.